The van der Waals surface area contributed by atoms with Crippen LogP contribution in [-0.2, 0) is 4.79 Å². The third-order valence-electron chi connectivity index (χ3n) is 4.41. The molecule has 6 nitrogen and oxygen atoms in total. The number of methoxy groups -OCH3 is 1. The first-order valence-corrected chi connectivity index (χ1v) is 9.84. The normalized spacial score (nSPS) is 12.2. The minimum atomic E-state index is -3.01. The molecule has 1 unspecified atom stereocenters. The highest BCUT2D eigenvalue weighted by molar-refractivity contribution is 5.97. The number of nitrogens with one attached hydrogen (secondary N) is 2. The molecule has 0 fully saturated rings. The number of carbonyl (C=O) groups is 2. The van der Waals surface area contributed by atoms with Gasteiger partial charge in [-0.05, 0) is 35.6 Å². The van der Waals surface area contributed by atoms with Gasteiger partial charge in [0.25, 0.3) is 5.91 Å². The highest BCUT2D eigenvalue weighted by atomic mass is 19.3. The molecule has 31 heavy (non-hydrogen) atoms. The lowest BCUT2D eigenvalue weighted by atomic mass is 9.85. The summed E-state index contributed by atoms with van der Waals surface area (Å²) < 4.78 is 34.2. The molecule has 0 aliphatic rings. The van der Waals surface area contributed by atoms with Crippen LogP contribution < -0.4 is 20.1 Å². The lowest BCUT2D eigenvalue weighted by Crippen LogP contribution is -2.39. The summed E-state index contributed by atoms with van der Waals surface area (Å²) in [5.41, 5.74) is 1.12. The Labute approximate surface area is 180 Å². The summed E-state index contributed by atoms with van der Waals surface area (Å²) in [4.78, 5) is 24.9. The Bertz CT molecular complexity index is 883. The van der Waals surface area contributed by atoms with E-state index >= 15 is 0 Å². The van der Waals surface area contributed by atoms with Crippen LogP contribution in [0.4, 0.5) is 8.78 Å². The predicted octanol–water partition coefficient (Wildman–Crippen LogP) is 4.32. The minimum Gasteiger partial charge on any atom is -0.493 e. The van der Waals surface area contributed by atoms with E-state index in [2.05, 4.69) is 36.1 Å². The molecule has 2 aromatic rings. The molecule has 2 N–H and O–H groups in total. The van der Waals surface area contributed by atoms with Gasteiger partial charge in [-0.25, -0.2) is 0 Å². The van der Waals surface area contributed by atoms with Crippen molar-refractivity contribution in [2.24, 2.45) is 5.41 Å². The van der Waals surface area contributed by atoms with Gasteiger partial charge in [0, 0.05) is 5.56 Å². The quantitative estimate of drug-likeness (QED) is 0.616. The van der Waals surface area contributed by atoms with E-state index in [1.165, 1.54) is 25.3 Å². The van der Waals surface area contributed by atoms with Crippen LogP contribution in [0.15, 0.2) is 48.5 Å². The second kappa shape index (κ2) is 10.7. The molecule has 2 aromatic carbocycles. The molecule has 1 atom stereocenters. The van der Waals surface area contributed by atoms with E-state index in [1.54, 1.807) is 0 Å². The number of carbonyl (C=O) groups excluding carboxylic acids is 2. The maximum Gasteiger partial charge on any atom is 0.387 e. The first-order chi connectivity index (χ1) is 14.6. The average Bonchev–Trinajstić information content (AvgIpc) is 2.71. The second-order valence-electron chi connectivity index (χ2n) is 8.22. The van der Waals surface area contributed by atoms with E-state index in [-0.39, 0.29) is 41.0 Å². The maximum atomic E-state index is 12.5. The summed E-state index contributed by atoms with van der Waals surface area (Å²) >= 11 is 0. The van der Waals surface area contributed by atoms with E-state index in [1.807, 2.05) is 30.3 Å². The molecule has 0 aromatic heterocycles. The molecule has 0 spiro atoms. The van der Waals surface area contributed by atoms with Gasteiger partial charge in [-0.15, -0.1) is 0 Å². The summed E-state index contributed by atoms with van der Waals surface area (Å²) in [7, 11) is 1.28. The standard InChI is InChI=1S/C23H28F2N2O4/c1-23(2,3)13-17(15-8-6-5-7-9-15)27-20(28)14-26-21(29)16-10-11-18(31-22(24)25)19(12-16)30-4/h5-12,17,22H,13-14H2,1-4H3,(H,26,29)(H,27,28). The fraction of sp³-hybridized carbons (Fsp3) is 0.391. The number of amides is 2. The molecule has 0 bridgehead atoms. The lowest BCUT2D eigenvalue weighted by molar-refractivity contribution is -0.121. The zero-order valence-electron chi connectivity index (χ0n) is 18.1. The molecule has 0 saturated heterocycles. The van der Waals surface area contributed by atoms with Crippen molar-refractivity contribution in [1.82, 2.24) is 10.6 Å². The van der Waals surface area contributed by atoms with Crippen molar-refractivity contribution in [3.63, 3.8) is 0 Å². The molecular weight excluding hydrogens is 406 g/mol. The van der Waals surface area contributed by atoms with Gasteiger partial charge in [0.1, 0.15) is 0 Å². The van der Waals surface area contributed by atoms with Crippen LogP contribution in [0, 0.1) is 5.41 Å². The molecule has 2 rings (SSSR count). The van der Waals surface area contributed by atoms with Gasteiger partial charge in [-0.3, -0.25) is 9.59 Å². The summed E-state index contributed by atoms with van der Waals surface area (Å²) in [6.07, 6.45) is 0.722. The van der Waals surface area contributed by atoms with Crippen molar-refractivity contribution in [2.45, 2.75) is 39.8 Å². The van der Waals surface area contributed by atoms with Crippen LogP contribution in [-0.4, -0.2) is 32.1 Å². The van der Waals surface area contributed by atoms with Crippen molar-refractivity contribution in [2.75, 3.05) is 13.7 Å². The van der Waals surface area contributed by atoms with Gasteiger partial charge in [-0.1, -0.05) is 51.1 Å². The molecular formula is C23H28F2N2O4. The zero-order chi connectivity index (χ0) is 23.0. The Morgan fingerprint density at radius 1 is 1.03 bits per heavy atom. The smallest absolute Gasteiger partial charge is 0.387 e. The lowest BCUT2D eigenvalue weighted by Gasteiger charge is -2.27. The Morgan fingerprint density at radius 3 is 2.29 bits per heavy atom. The Kier molecular flexibility index (Phi) is 8.36. The van der Waals surface area contributed by atoms with E-state index in [0.29, 0.717) is 0 Å². The average molecular weight is 434 g/mol. The van der Waals surface area contributed by atoms with Crippen molar-refractivity contribution >= 4 is 11.8 Å². The zero-order valence-corrected chi connectivity index (χ0v) is 18.1. The fourth-order valence-corrected chi connectivity index (χ4v) is 3.06. The second-order valence-corrected chi connectivity index (χ2v) is 8.22. The van der Waals surface area contributed by atoms with Gasteiger partial charge < -0.3 is 20.1 Å². The maximum absolute atomic E-state index is 12.5. The number of halogens is 2. The van der Waals surface area contributed by atoms with Gasteiger partial charge in [-0.2, -0.15) is 8.78 Å². The molecule has 0 aliphatic carbocycles. The molecule has 2 amide bonds. The van der Waals surface area contributed by atoms with Crippen molar-refractivity contribution in [3.8, 4) is 11.5 Å². The number of rotatable bonds is 9. The molecule has 0 saturated carbocycles. The molecule has 168 valence electrons. The van der Waals surface area contributed by atoms with Crippen molar-refractivity contribution < 1.29 is 27.8 Å². The predicted molar refractivity (Wildman–Crippen MR) is 113 cm³/mol. The molecule has 0 aliphatic heterocycles. The topological polar surface area (TPSA) is 76.7 Å². The van der Waals surface area contributed by atoms with Gasteiger partial charge in [0.05, 0.1) is 19.7 Å². The third kappa shape index (κ3) is 7.88. The summed E-state index contributed by atoms with van der Waals surface area (Å²) in [5, 5.41) is 5.50. The van der Waals surface area contributed by atoms with Crippen LogP contribution >= 0.6 is 0 Å². The van der Waals surface area contributed by atoms with Crippen LogP contribution in [0.2, 0.25) is 0 Å². The van der Waals surface area contributed by atoms with Crippen LogP contribution in [0.1, 0.15) is 49.2 Å². The largest absolute Gasteiger partial charge is 0.493 e. The first kappa shape index (κ1) is 24.1. The molecule has 0 heterocycles. The first-order valence-electron chi connectivity index (χ1n) is 9.84. The minimum absolute atomic E-state index is 0.00767. The van der Waals surface area contributed by atoms with Crippen molar-refractivity contribution in [1.29, 1.82) is 0 Å². The van der Waals surface area contributed by atoms with E-state index < -0.39 is 12.5 Å². The Morgan fingerprint density at radius 2 is 1.71 bits per heavy atom. The fourth-order valence-electron chi connectivity index (χ4n) is 3.06. The molecule has 0 radical (unpaired) electrons. The SMILES string of the molecule is COc1cc(C(=O)NCC(=O)NC(CC(C)(C)C)c2ccccc2)ccc1OC(F)F. The number of hydrogen-bond donors (Lipinski definition) is 2. The third-order valence-corrected chi connectivity index (χ3v) is 4.41. The Balaban J connectivity index is 2.01. The number of hydrogen-bond acceptors (Lipinski definition) is 4. The van der Waals surface area contributed by atoms with E-state index in [9.17, 15) is 18.4 Å². The highest BCUT2D eigenvalue weighted by Crippen LogP contribution is 2.30. The number of ether oxygens (including phenoxy) is 2. The van der Waals surface area contributed by atoms with Gasteiger partial charge in [0.15, 0.2) is 11.5 Å². The van der Waals surface area contributed by atoms with Gasteiger partial charge >= 0.3 is 6.61 Å². The van der Waals surface area contributed by atoms with Crippen molar-refractivity contribution in [3.05, 3.63) is 59.7 Å². The monoisotopic (exact) mass is 434 g/mol. The number of alkyl halides is 2. The Hall–Kier alpha value is -3.16. The summed E-state index contributed by atoms with van der Waals surface area (Å²) in [5.74, 6) is -1.06. The summed E-state index contributed by atoms with van der Waals surface area (Å²) in [6, 6.07) is 13.2. The molecule has 8 heteroatoms. The van der Waals surface area contributed by atoms with Crippen LogP contribution in [0.3, 0.4) is 0 Å². The van der Waals surface area contributed by atoms with E-state index in [4.69, 9.17) is 4.74 Å². The summed E-state index contributed by atoms with van der Waals surface area (Å²) in [6.45, 7) is 3.02. The highest BCUT2D eigenvalue weighted by Gasteiger charge is 2.22. The van der Waals surface area contributed by atoms with Crippen LogP contribution in [0.5, 0.6) is 11.5 Å². The number of benzene rings is 2. The van der Waals surface area contributed by atoms with Crippen LogP contribution in [0.25, 0.3) is 0 Å². The van der Waals surface area contributed by atoms with E-state index in [0.717, 1.165) is 12.0 Å². The van der Waals surface area contributed by atoms with Gasteiger partial charge in [0.2, 0.25) is 5.91 Å².